The molecule has 5 heteroatoms. The van der Waals surface area contributed by atoms with Crippen LogP contribution in [0.5, 0.6) is 0 Å². The molecule has 0 radical (unpaired) electrons. The van der Waals surface area contributed by atoms with Crippen LogP contribution in [0.1, 0.15) is 24.1 Å². The number of halogens is 1. The molecular formula is C14H16FN3S. The molecule has 3 nitrogen and oxygen atoms in total. The summed E-state index contributed by atoms with van der Waals surface area (Å²) in [6.07, 6.45) is 2.75. The summed E-state index contributed by atoms with van der Waals surface area (Å²) in [6.45, 7) is 2.11. The Morgan fingerprint density at radius 1 is 1.32 bits per heavy atom. The molecule has 19 heavy (non-hydrogen) atoms. The van der Waals surface area contributed by atoms with E-state index in [9.17, 15) is 4.39 Å². The van der Waals surface area contributed by atoms with Gasteiger partial charge >= 0.3 is 0 Å². The van der Waals surface area contributed by atoms with Crippen molar-refractivity contribution >= 4 is 11.8 Å². The summed E-state index contributed by atoms with van der Waals surface area (Å²) in [5, 5.41) is 0. The molecule has 1 aromatic carbocycles. The maximum absolute atomic E-state index is 13.8. The summed E-state index contributed by atoms with van der Waals surface area (Å²) in [4.78, 5) is 4.94. The Bertz CT molecular complexity index is 530. The van der Waals surface area contributed by atoms with Gasteiger partial charge in [0.15, 0.2) is 0 Å². The van der Waals surface area contributed by atoms with Crippen molar-refractivity contribution in [2.75, 3.05) is 5.75 Å². The highest BCUT2D eigenvalue weighted by molar-refractivity contribution is 7.99. The van der Waals surface area contributed by atoms with Gasteiger partial charge in [-0.15, -0.1) is 11.8 Å². The number of benzene rings is 1. The Labute approximate surface area is 116 Å². The second-order valence-electron chi connectivity index (χ2n) is 4.00. The van der Waals surface area contributed by atoms with E-state index in [4.69, 9.17) is 5.84 Å². The van der Waals surface area contributed by atoms with Crippen molar-refractivity contribution in [2.45, 2.75) is 17.9 Å². The molecule has 0 amide bonds. The average Bonchev–Trinajstić information content (AvgIpc) is 2.44. The highest BCUT2D eigenvalue weighted by Crippen LogP contribution is 2.25. The number of nitrogens with zero attached hydrogens (tertiary/aromatic N) is 1. The molecule has 3 N–H and O–H groups in total. The van der Waals surface area contributed by atoms with Gasteiger partial charge in [-0.3, -0.25) is 10.8 Å². The molecule has 1 atom stereocenters. The molecule has 1 heterocycles. The molecule has 1 aromatic heterocycles. The van der Waals surface area contributed by atoms with Crippen LogP contribution in [-0.2, 0) is 0 Å². The van der Waals surface area contributed by atoms with Gasteiger partial charge in [0.25, 0.3) is 0 Å². The van der Waals surface area contributed by atoms with Crippen molar-refractivity contribution in [3.63, 3.8) is 0 Å². The monoisotopic (exact) mass is 277 g/mol. The third-order valence-corrected chi connectivity index (χ3v) is 3.70. The van der Waals surface area contributed by atoms with Gasteiger partial charge in [0, 0.05) is 16.7 Å². The Balaban J connectivity index is 2.29. The molecule has 0 aliphatic heterocycles. The number of aromatic nitrogens is 1. The lowest BCUT2D eigenvalue weighted by molar-refractivity contribution is 0.555. The third kappa shape index (κ3) is 3.32. The van der Waals surface area contributed by atoms with Gasteiger partial charge < -0.3 is 0 Å². The lowest BCUT2D eigenvalue weighted by atomic mass is 10.00. The van der Waals surface area contributed by atoms with E-state index in [0.717, 1.165) is 11.3 Å². The topological polar surface area (TPSA) is 50.9 Å². The minimum absolute atomic E-state index is 0.363. The Hall–Kier alpha value is -1.43. The van der Waals surface area contributed by atoms with Crippen LogP contribution in [0, 0.1) is 5.82 Å². The maximum atomic E-state index is 13.8. The quantitative estimate of drug-likeness (QED) is 0.501. The molecule has 0 fully saturated rings. The fourth-order valence-corrected chi connectivity index (χ4v) is 2.57. The SMILES string of the molecule is CCSc1ccc(C(NN)c2ccncc2F)cc1. The second kappa shape index (κ2) is 6.65. The van der Waals surface area contributed by atoms with E-state index in [0.29, 0.717) is 5.56 Å². The number of pyridine rings is 1. The number of rotatable bonds is 5. The molecule has 100 valence electrons. The molecular weight excluding hydrogens is 261 g/mol. The summed E-state index contributed by atoms with van der Waals surface area (Å²) in [5.74, 6) is 6.22. The summed E-state index contributed by atoms with van der Waals surface area (Å²) in [5.41, 5.74) is 4.07. The predicted octanol–water partition coefficient (Wildman–Crippen LogP) is 2.89. The summed E-state index contributed by atoms with van der Waals surface area (Å²) in [7, 11) is 0. The third-order valence-electron chi connectivity index (χ3n) is 2.81. The van der Waals surface area contributed by atoms with Crippen LogP contribution in [0.3, 0.4) is 0 Å². The van der Waals surface area contributed by atoms with Crippen LogP contribution in [0.4, 0.5) is 4.39 Å². The van der Waals surface area contributed by atoms with E-state index < -0.39 is 0 Å². The summed E-state index contributed by atoms with van der Waals surface area (Å²) >= 11 is 1.77. The molecule has 2 aromatic rings. The number of thioether (sulfide) groups is 1. The van der Waals surface area contributed by atoms with Crippen molar-refractivity contribution in [3.05, 3.63) is 59.7 Å². The number of hydrazine groups is 1. The Kier molecular flexibility index (Phi) is 4.90. The van der Waals surface area contributed by atoms with Gasteiger partial charge in [0.05, 0.1) is 12.2 Å². The van der Waals surface area contributed by atoms with E-state index in [1.807, 2.05) is 24.3 Å². The standard InChI is InChI=1S/C14H16FN3S/c1-2-19-11-5-3-10(4-6-11)14(18-16)12-7-8-17-9-13(12)15/h3-9,14,18H,2,16H2,1H3. The van der Waals surface area contributed by atoms with Gasteiger partial charge in [-0.25, -0.2) is 9.82 Å². The van der Waals surface area contributed by atoms with Crippen LogP contribution in [-0.4, -0.2) is 10.7 Å². The molecule has 0 aliphatic carbocycles. The highest BCUT2D eigenvalue weighted by Gasteiger charge is 2.16. The predicted molar refractivity (Wildman–Crippen MR) is 76.2 cm³/mol. The number of hydrogen-bond acceptors (Lipinski definition) is 4. The van der Waals surface area contributed by atoms with Crippen LogP contribution in [0.2, 0.25) is 0 Å². The summed E-state index contributed by atoms with van der Waals surface area (Å²) < 4.78 is 13.8. The zero-order chi connectivity index (χ0) is 13.7. The normalized spacial score (nSPS) is 12.4. The van der Waals surface area contributed by atoms with Gasteiger partial charge in [0.2, 0.25) is 0 Å². The number of nitrogens with two attached hydrogens (primary N) is 1. The maximum Gasteiger partial charge on any atom is 0.146 e. The first-order valence-corrected chi connectivity index (χ1v) is 7.03. The average molecular weight is 277 g/mol. The van der Waals surface area contributed by atoms with Gasteiger partial charge in [-0.05, 0) is 29.5 Å². The van der Waals surface area contributed by atoms with Crippen molar-refractivity contribution in [1.82, 2.24) is 10.4 Å². The Morgan fingerprint density at radius 2 is 2.05 bits per heavy atom. The van der Waals surface area contributed by atoms with Crippen molar-refractivity contribution in [3.8, 4) is 0 Å². The zero-order valence-electron chi connectivity index (χ0n) is 10.6. The zero-order valence-corrected chi connectivity index (χ0v) is 11.5. The van der Waals surface area contributed by atoms with Crippen molar-refractivity contribution in [2.24, 2.45) is 5.84 Å². The van der Waals surface area contributed by atoms with Gasteiger partial charge in [0.1, 0.15) is 5.82 Å². The lowest BCUT2D eigenvalue weighted by Gasteiger charge is -2.17. The fraction of sp³-hybridized carbons (Fsp3) is 0.214. The van der Waals surface area contributed by atoms with E-state index in [1.54, 1.807) is 24.0 Å². The first kappa shape index (κ1) is 14.0. The number of nitrogens with one attached hydrogen (secondary N) is 1. The minimum Gasteiger partial charge on any atom is -0.271 e. The lowest BCUT2D eigenvalue weighted by Crippen LogP contribution is -2.29. The smallest absolute Gasteiger partial charge is 0.146 e. The molecule has 0 bridgehead atoms. The van der Waals surface area contributed by atoms with E-state index in [1.165, 1.54) is 11.1 Å². The Morgan fingerprint density at radius 3 is 2.63 bits per heavy atom. The first-order valence-electron chi connectivity index (χ1n) is 6.04. The molecule has 0 spiro atoms. The van der Waals surface area contributed by atoms with Crippen molar-refractivity contribution in [1.29, 1.82) is 0 Å². The van der Waals surface area contributed by atoms with E-state index in [-0.39, 0.29) is 11.9 Å². The van der Waals surface area contributed by atoms with E-state index >= 15 is 0 Å². The molecule has 1 unspecified atom stereocenters. The van der Waals surface area contributed by atoms with Crippen LogP contribution in [0.15, 0.2) is 47.6 Å². The van der Waals surface area contributed by atoms with Crippen LogP contribution in [0.25, 0.3) is 0 Å². The van der Waals surface area contributed by atoms with Gasteiger partial charge in [-0.2, -0.15) is 0 Å². The second-order valence-corrected chi connectivity index (χ2v) is 5.34. The van der Waals surface area contributed by atoms with Crippen molar-refractivity contribution < 1.29 is 4.39 Å². The first-order chi connectivity index (χ1) is 9.26. The molecule has 0 saturated heterocycles. The van der Waals surface area contributed by atoms with E-state index in [2.05, 4.69) is 17.3 Å². The highest BCUT2D eigenvalue weighted by atomic mass is 32.2. The minimum atomic E-state index is -0.372. The van der Waals surface area contributed by atoms with Crippen LogP contribution >= 0.6 is 11.8 Å². The molecule has 0 saturated carbocycles. The van der Waals surface area contributed by atoms with Crippen LogP contribution < -0.4 is 11.3 Å². The van der Waals surface area contributed by atoms with Gasteiger partial charge in [-0.1, -0.05) is 19.1 Å². The molecule has 0 aliphatic rings. The summed E-state index contributed by atoms with van der Waals surface area (Å²) in [6, 6.07) is 9.22. The number of hydrogen-bond donors (Lipinski definition) is 2. The largest absolute Gasteiger partial charge is 0.271 e. The molecule has 2 rings (SSSR count). The fourth-order valence-electron chi connectivity index (χ4n) is 1.91.